The van der Waals surface area contributed by atoms with Gasteiger partial charge in [-0.3, -0.25) is 9.69 Å². The van der Waals surface area contributed by atoms with E-state index in [0.29, 0.717) is 6.42 Å². The Morgan fingerprint density at radius 1 is 1.13 bits per heavy atom. The smallest absolute Gasteiger partial charge is 0.222 e. The number of ether oxygens (including phenoxy) is 1. The van der Waals surface area contributed by atoms with E-state index in [0.717, 1.165) is 26.2 Å². The largest absolute Gasteiger partial charge is 0.375 e. The Labute approximate surface area is 140 Å². The Morgan fingerprint density at radius 2 is 1.87 bits per heavy atom. The Hall–Kier alpha value is -0.650. The van der Waals surface area contributed by atoms with Crippen molar-refractivity contribution in [3.63, 3.8) is 0 Å². The summed E-state index contributed by atoms with van der Waals surface area (Å²) in [7, 11) is 0. The standard InChI is InChI=1S/C18H33N3O2/c22-17(13-16-14-19-9-12-23-16)20-15-18(7-3-1-4-8-18)21-10-5-2-6-11-21/h16,19H,1-15H2,(H,20,22). The van der Waals surface area contributed by atoms with Gasteiger partial charge in [0.25, 0.3) is 0 Å². The summed E-state index contributed by atoms with van der Waals surface area (Å²) in [6, 6.07) is 0. The van der Waals surface area contributed by atoms with Gasteiger partial charge in [-0.1, -0.05) is 25.7 Å². The van der Waals surface area contributed by atoms with Crippen molar-refractivity contribution in [2.75, 3.05) is 39.3 Å². The number of carbonyl (C=O) groups is 1. The summed E-state index contributed by atoms with van der Waals surface area (Å²) in [5, 5.41) is 6.54. The van der Waals surface area contributed by atoms with Gasteiger partial charge < -0.3 is 15.4 Å². The van der Waals surface area contributed by atoms with Crippen LogP contribution in [0.1, 0.15) is 57.8 Å². The first-order chi connectivity index (χ1) is 11.3. The van der Waals surface area contributed by atoms with Gasteiger partial charge in [0, 0.05) is 25.2 Å². The van der Waals surface area contributed by atoms with Crippen molar-refractivity contribution in [3.8, 4) is 0 Å². The van der Waals surface area contributed by atoms with Crippen molar-refractivity contribution in [2.24, 2.45) is 0 Å². The van der Waals surface area contributed by atoms with Gasteiger partial charge in [0.1, 0.15) is 0 Å². The zero-order valence-corrected chi connectivity index (χ0v) is 14.4. The van der Waals surface area contributed by atoms with Crippen LogP contribution in [0.4, 0.5) is 0 Å². The minimum atomic E-state index is 0.0426. The minimum Gasteiger partial charge on any atom is -0.375 e. The third-order valence-corrected chi connectivity index (χ3v) is 5.84. The summed E-state index contributed by atoms with van der Waals surface area (Å²) >= 11 is 0. The van der Waals surface area contributed by atoms with E-state index in [-0.39, 0.29) is 17.6 Å². The summed E-state index contributed by atoms with van der Waals surface area (Å²) < 4.78 is 5.65. The molecule has 3 rings (SSSR count). The fourth-order valence-electron chi connectivity index (χ4n) is 4.48. The molecule has 2 heterocycles. The number of nitrogens with one attached hydrogen (secondary N) is 2. The second-order valence-electron chi connectivity index (χ2n) is 7.51. The van der Waals surface area contributed by atoms with Crippen molar-refractivity contribution in [2.45, 2.75) is 69.4 Å². The summed E-state index contributed by atoms with van der Waals surface area (Å²) in [5.41, 5.74) is 0.222. The zero-order valence-electron chi connectivity index (χ0n) is 14.4. The lowest BCUT2D eigenvalue weighted by molar-refractivity contribution is -0.125. The molecule has 2 N–H and O–H groups in total. The van der Waals surface area contributed by atoms with Crippen LogP contribution >= 0.6 is 0 Å². The zero-order chi connectivity index (χ0) is 16.0. The molecule has 1 amide bonds. The first-order valence-corrected chi connectivity index (χ1v) is 9.63. The minimum absolute atomic E-state index is 0.0426. The number of amides is 1. The van der Waals surface area contributed by atoms with Crippen LogP contribution < -0.4 is 10.6 Å². The van der Waals surface area contributed by atoms with Crippen molar-refractivity contribution in [3.05, 3.63) is 0 Å². The molecule has 1 atom stereocenters. The van der Waals surface area contributed by atoms with Crippen LogP contribution in [-0.2, 0) is 9.53 Å². The highest BCUT2D eigenvalue weighted by molar-refractivity contribution is 5.76. The van der Waals surface area contributed by atoms with E-state index < -0.39 is 0 Å². The number of likely N-dealkylation sites (tertiary alicyclic amines) is 1. The van der Waals surface area contributed by atoms with Crippen LogP contribution in [0.3, 0.4) is 0 Å². The fourth-order valence-corrected chi connectivity index (χ4v) is 4.48. The average molecular weight is 323 g/mol. The Balaban J connectivity index is 1.52. The average Bonchev–Trinajstić information content (AvgIpc) is 2.62. The molecule has 5 nitrogen and oxygen atoms in total. The lowest BCUT2D eigenvalue weighted by atomic mass is 9.79. The molecule has 1 unspecified atom stereocenters. The third kappa shape index (κ3) is 4.68. The first-order valence-electron chi connectivity index (χ1n) is 9.63. The molecule has 23 heavy (non-hydrogen) atoms. The normalized spacial score (nSPS) is 29.1. The van der Waals surface area contributed by atoms with Gasteiger partial charge in [-0.2, -0.15) is 0 Å². The second kappa shape index (κ2) is 8.45. The lowest BCUT2D eigenvalue weighted by Crippen LogP contribution is -2.58. The molecule has 1 aliphatic carbocycles. The molecule has 3 aliphatic rings. The molecular weight excluding hydrogens is 290 g/mol. The Bertz CT molecular complexity index is 370. The maximum absolute atomic E-state index is 12.3. The van der Waals surface area contributed by atoms with Crippen LogP contribution in [0.5, 0.6) is 0 Å². The van der Waals surface area contributed by atoms with Crippen LogP contribution in [0.15, 0.2) is 0 Å². The summed E-state index contributed by atoms with van der Waals surface area (Å²) in [5.74, 6) is 0.153. The molecule has 0 radical (unpaired) electrons. The molecule has 0 aromatic heterocycles. The van der Waals surface area contributed by atoms with Crippen molar-refractivity contribution in [1.82, 2.24) is 15.5 Å². The van der Waals surface area contributed by atoms with E-state index in [1.54, 1.807) is 0 Å². The van der Waals surface area contributed by atoms with E-state index in [1.165, 1.54) is 64.5 Å². The van der Waals surface area contributed by atoms with E-state index in [1.807, 2.05) is 0 Å². The molecular formula is C18H33N3O2. The summed E-state index contributed by atoms with van der Waals surface area (Å²) in [4.78, 5) is 15.0. The molecule has 132 valence electrons. The number of piperidine rings is 1. The van der Waals surface area contributed by atoms with Crippen molar-refractivity contribution >= 4 is 5.91 Å². The SMILES string of the molecule is O=C(CC1CNCCO1)NCC1(N2CCCCC2)CCCCC1. The van der Waals surface area contributed by atoms with E-state index >= 15 is 0 Å². The highest BCUT2D eigenvalue weighted by Gasteiger charge is 2.38. The van der Waals surface area contributed by atoms with Crippen molar-refractivity contribution < 1.29 is 9.53 Å². The van der Waals surface area contributed by atoms with Gasteiger partial charge in [0.05, 0.1) is 19.1 Å². The molecule has 2 aliphatic heterocycles. The first kappa shape index (κ1) is 17.2. The number of nitrogens with zero attached hydrogens (tertiary/aromatic N) is 1. The van der Waals surface area contributed by atoms with Gasteiger partial charge >= 0.3 is 0 Å². The number of hydrogen-bond acceptors (Lipinski definition) is 4. The summed E-state index contributed by atoms with van der Waals surface area (Å²) in [6.45, 7) is 5.67. The van der Waals surface area contributed by atoms with Crippen molar-refractivity contribution in [1.29, 1.82) is 0 Å². The number of hydrogen-bond donors (Lipinski definition) is 2. The monoisotopic (exact) mass is 323 g/mol. The molecule has 2 saturated heterocycles. The molecule has 0 aromatic carbocycles. The molecule has 0 bridgehead atoms. The van der Waals surface area contributed by atoms with Gasteiger partial charge in [0.15, 0.2) is 0 Å². The van der Waals surface area contributed by atoms with Crippen LogP contribution in [0.2, 0.25) is 0 Å². The molecule has 5 heteroatoms. The Morgan fingerprint density at radius 3 is 2.57 bits per heavy atom. The molecule has 0 spiro atoms. The van der Waals surface area contributed by atoms with E-state index in [9.17, 15) is 4.79 Å². The van der Waals surface area contributed by atoms with E-state index in [2.05, 4.69) is 15.5 Å². The number of morpholine rings is 1. The second-order valence-corrected chi connectivity index (χ2v) is 7.51. The van der Waals surface area contributed by atoms with Crippen LogP contribution in [0, 0.1) is 0 Å². The van der Waals surface area contributed by atoms with E-state index in [4.69, 9.17) is 4.74 Å². The molecule has 3 fully saturated rings. The predicted molar refractivity (Wildman–Crippen MR) is 91.5 cm³/mol. The molecule has 0 aromatic rings. The predicted octanol–water partition coefficient (Wildman–Crippen LogP) is 1.67. The van der Waals surface area contributed by atoms with Gasteiger partial charge in [0.2, 0.25) is 5.91 Å². The Kier molecular flexibility index (Phi) is 6.31. The lowest BCUT2D eigenvalue weighted by Gasteiger charge is -2.48. The quantitative estimate of drug-likeness (QED) is 0.808. The van der Waals surface area contributed by atoms with Crippen LogP contribution in [0.25, 0.3) is 0 Å². The molecule has 1 saturated carbocycles. The maximum atomic E-state index is 12.3. The fraction of sp³-hybridized carbons (Fsp3) is 0.944. The third-order valence-electron chi connectivity index (χ3n) is 5.84. The maximum Gasteiger partial charge on any atom is 0.222 e. The number of carbonyl (C=O) groups excluding carboxylic acids is 1. The van der Waals surface area contributed by atoms with Gasteiger partial charge in [-0.05, 0) is 38.8 Å². The van der Waals surface area contributed by atoms with Gasteiger partial charge in [-0.15, -0.1) is 0 Å². The van der Waals surface area contributed by atoms with Crippen LogP contribution in [-0.4, -0.2) is 61.8 Å². The highest BCUT2D eigenvalue weighted by Crippen LogP contribution is 2.35. The summed E-state index contributed by atoms with van der Waals surface area (Å²) in [6.07, 6.45) is 11.0. The number of rotatable bonds is 5. The van der Waals surface area contributed by atoms with Gasteiger partial charge in [-0.25, -0.2) is 0 Å². The topological polar surface area (TPSA) is 53.6 Å². The highest BCUT2D eigenvalue weighted by atomic mass is 16.5.